The Morgan fingerprint density at radius 1 is 0.370 bits per heavy atom. The van der Waals surface area contributed by atoms with E-state index >= 15 is 0 Å². The second kappa shape index (κ2) is 34.5. The molecule has 10 aromatic heterocycles. The number of hydrogen-bond donors (Lipinski definition) is 8. The fraction of sp³-hybridized carbons (Fsp3) is 0.106. The highest BCUT2D eigenvalue weighted by molar-refractivity contribution is 6.21. The Morgan fingerprint density at radius 3 is 1.16 bits per heavy atom. The fourth-order valence-corrected chi connectivity index (χ4v) is 13.5. The van der Waals surface area contributed by atoms with Crippen molar-refractivity contribution in [2.24, 2.45) is 20.0 Å². The van der Waals surface area contributed by atoms with Gasteiger partial charge >= 0.3 is 6.61 Å². The van der Waals surface area contributed by atoms with Gasteiger partial charge in [-0.05, 0) is 120 Å². The predicted molar refractivity (Wildman–Crippen MR) is 452 cm³/mol. The van der Waals surface area contributed by atoms with Gasteiger partial charge in [-0.1, -0.05) is 97.1 Å². The molecule has 0 unspecified atom stereocenters. The van der Waals surface area contributed by atoms with Gasteiger partial charge < -0.3 is 40.2 Å². The van der Waals surface area contributed by atoms with Gasteiger partial charge in [0.25, 0.3) is 0 Å². The molecule has 0 fully saturated rings. The molecule has 6 aromatic carbocycles. The average Bonchev–Trinajstić information content (AvgIpc) is 1.69. The Bertz CT molecular complexity index is 6490. The highest BCUT2D eigenvalue weighted by Gasteiger charge is 2.26. The fourth-order valence-electron chi connectivity index (χ4n) is 13.5. The van der Waals surface area contributed by atoms with Crippen LogP contribution in [-0.4, -0.2) is 178 Å². The van der Waals surface area contributed by atoms with E-state index in [4.69, 9.17) is 18.9 Å². The molecule has 0 spiro atoms. The number of fused-ring (bicyclic) bond motifs is 4. The molecule has 586 valence electrons. The molecule has 20 rings (SSSR count). The Labute approximate surface area is 674 Å². The number of methoxy groups -OCH3 is 3. The molecule has 4 aliphatic heterocycles. The monoisotopic (exact) mass is 1580 g/mol. The molecule has 8 N–H and O–H groups in total. The molecular weight excluding hydrogens is 1520 g/mol. The summed E-state index contributed by atoms with van der Waals surface area (Å²) in [7, 11) is 4.90. The number of alkyl halides is 2. The topological polar surface area (TPSA) is 404 Å². The maximum Gasteiger partial charge on any atom is 0.387 e. The zero-order valence-corrected chi connectivity index (χ0v) is 63.8. The average molecular weight is 1580 g/mol. The van der Waals surface area contributed by atoms with Crippen molar-refractivity contribution in [3.8, 4) is 67.9 Å². The van der Waals surface area contributed by atoms with E-state index in [0.717, 1.165) is 124 Å². The van der Waals surface area contributed by atoms with Crippen LogP contribution in [0.25, 0.3) is 89.0 Å². The number of allylic oxidation sites excluding steroid dienone is 4. The lowest BCUT2D eigenvalue weighted by Crippen LogP contribution is -2.06. The first-order chi connectivity index (χ1) is 58.6. The molecule has 0 saturated heterocycles. The number of H-pyrrole nitrogens is 4. The van der Waals surface area contributed by atoms with E-state index in [2.05, 4.69) is 166 Å². The summed E-state index contributed by atoms with van der Waals surface area (Å²) in [6, 6.07) is 44.1. The first kappa shape index (κ1) is 75.3. The minimum absolute atomic E-state index is 0.00425. The van der Waals surface area contributed by atoms with Crippen LogP contribution >= 0.6 is 0 Å². The quantitative estimate of drug-likeness (QED) is 0.0331. The van der Waals surface area contributed by atoms with Gasteiger partial charge in [0.1, 0.15) is 71.6 Å². The van der Waals surface area contributed by atoms with Crippen LogP contribution in [0.4, 0.5) is 54.8 Å². The van der Waals surface area contributed by atoms with Crippen molar-refractivity contribution in [1.82, 2.24) is 101 Å². The van der Waals surface area contributed by atoms with E-state index in [9.17, 15) is 8.78 Å². The number of ether oxygens (including phenoxy) is 4. The normalized spacial score (nSPS) is 13.1. The third kappa shape index (κ3) is 16.3. The molecule has 0 atom stereocenters. The summed E-state index contributed by atoms with van der Waals surface area (Å²) < 4.78 is 47.4. The third-order valence-corrected chi connectivity index (χ3v) is 19.1. The largest absolute Gasteiger partial charge is 0.495 e. The molecular formula is C85H68F2N28O4. The van der Waals surface area contributed by atoms with Crippen molar-refractivity contribution >= 4 is 113 Å². The molecule has 32 nitrogen and oxygen atoms in total. The number of rotatable bonds is 21. The maximum atomic E-state index is 13.0. The number of nitrogens with zero attached hydrogens (tertiary/aromatic N) is 20. The van der Waals surface area contributed by atoms with Crippen molar-refractivity contribution in [3.05, 3.63) is 267 Å². The summed E-state index contributed by atoms with van der Waals surface area (Å²) >= 11 is 0. The van der Waals surface area contributed by atoms with Crippen molar-refractivity contribution < 1.29 is 27.7 Å². The van der Waals surface area contributed by atoms with Crippen LogP contribution in [-0.2, 0) is 0 Å². The molecule has 0 radical (unpaired) electrons. The van der Waals surface area contributed by atoms with Gasteiger partial charge in [0.2, 0.25) is 0 Å². The summed E-state index contributed by atoms with van der Waals surface area (Å²) in [6.07, 6.45) is 28.0. The van der Waals surface area contributed by atoms with Gasteiger partial charge in [-0.15, -0.1) is 0 Å². The highest BCUT2D eigenvalue weighted by atomic mass is 19.3. The van der Waals surface area contributed by atoms with Crippen molar-refractivity contribution in [2.45, 2.75) is 13.5 Å². The van der Waals surface area contributed by atoms with Gasteiger partial charge in [0.15, 0.2) is 28.4 Å². The number of nitrogens with one attached hydrogen (secondary N) is 8. The van der Waals surface area contributed by atoms with Crippen LogP contribution in [0.3, 0.4) is 0 Å². The second-order valence-corrected chi connectivity index (χ2v) is 26.3. The summed E-state index contributed by atoms with van der Waals surface area (Å²) in [5.41, 5.74) is 18.7. The van der Waals surface area contributed by atoms with Crippen LogP contribution in [0, 0.1) is 0 Å². The predicted octanol–water partition coefficient (Wildman–Crippen LogP) is 15.1. The van der Waals surface area contributed by atoms with E-state index in [1.807, 2.05) is 140 Å². The molecule has 4 aliphatic rings. The molecule has 0 aliphatic carbocycles. The SMILES string of the molecule is COc1ccc(-c2ccccc2)cc1Nc1ncnc2n[nH]c(C3=NCC=C3C)c12.COc1ccc(-c2cnccn2)cc1Nc1ncnc2n[nH]c(C3=NCC=C3)c12.COc1ccc(-c2ncccn2)cc1Nc1ncnc2n[nH]c(C3=NCC=C3)c12.FC(F)Oc1ccc(-c2ccccc2)cc1Nc1ncnc2n[nH]c(C3=NCC=C3)c12. The van der Waals surface area contributed by atoms with Crippen LogP contribution < -0.4 is 40.2 Å². The number of halogens is 2. The van der Waals surface area contributed by atoms with Crippen molar-refractivity contribution in [1.29, 1.82) is 0 Å². The number of aliphatic imine (C=N–C) groups is 4. The van der Waals surface area contributed by atoms with Gasteiger partial charge in [-0.25, -0.2) is 49.8 Å². The Morgan fingerprint density at radius 2 is 0.765 bits per heavy atom. The standard InChI is InChI=1S/C23H20N6O.C22H16F2N6O.2C20H16N8O/c1-14-10-11-24-20(14)21-19-22(25-13-26-23(19)29-28-21)27-17-12-16(8-9-18(17)30-2)15-6-4-3-5-7-15;23-22(24)31-17-9-8-14(13-5-2-1-3-6-13)11-16(17)28-20-18-19(15-7-4-10-25-15)29-30-21(18)27-12-26-20;1-29-15-6-5-12(18-22-8-3-9-23-18)10-14(15)26-19-16-17(13-4-2-7-21-13)27-28-20(16)25-11-24-19;1-29-16-5-4-12(15-10-21-7-8-23-15)9-14(16)26-19-17-18(13-3-2-6-22-13)27-28-20(17)25-11-24-19/h3-10,12-13H,11H2,1-2H3,(H2,25,26,27,28,29);1-9,11-12,22H,10H2,(H2,26,27,28,29,30);2-6,8-11H,7H2,1H3,(H2,24,25,26,27,28);2-5,7-11H,6H2,1H3,(H2,24,25,26,27,28). The van der Waals surface area contributed by atoms with Crippen LogP contribution in [0.5, 0.6) is 23.0 Å². The summed E-state index contributed by atoms with van der Waals surface area (Å²) in [5, 5.41) is 45.5. The smallest absolute Gasteiger partial charge is 0.387 e. The van der Waals surface area contributed by atoms with Gasteiger partial charge in [0, 0.05) is 35.9 Å². The molecule has 0 saturated carbocycles. The number of benzene rings is 6. The minimum Gasteiger partial charge on any atom is -0.495 e. The van der Waals surface area contributed by atoms with Crippen LogP contribution in [0.2, 0.25) is 0 Å². The van der Waals surface area contributed by atoms with Crippen LogP contribution in [0.15, 0.2) is 264 Å². The lowest BCUT2D eigenvalue weighted by Gasteiger charge is -2.15. The first-order valence-corrected chi connectivity index (χ1v) is 37.1. The number of aromatic nitrogens is 20. The van der Waals surface area contributed by atoms with E-state index in [1.54, 1.807) is 70.5 Å². The zero-order chi connectivity index (χ0) is 81.0. The highest BCUT2D eigenvalue weighted by Crippen LogP contribution is 2.41. The summed E-state index contributed by atoms with van der Waals surface area (Å²) in [4.78, 5) is 69.8. The number of hydrogen-bond acceptors (Lipinski definition) is 28. The number of aromatic amines is 4. The Balaban J connectivity index is 0.000000113. The molecule has 0 amide bonds. The summed E-state index contributed by atoms with van der Waals surface area (Å²) in [6.45, 7) is 1.64. The van der Waals surface area contributed by atoms with Crippen molar-refractivity contribution in [3.63, 3.8) is 0 Å². The minimum atomic E-state index is -2.96. The molecule has 14 heterocycles. The molecule has 119 heavy (non-hydrogen) atoms. The Hall–Kier alpha value is -16.4. The lowest BCUT2D eigenvalue weighted by atomic mass is 10.0. The second-order valence-electron chi connectivity index (χ2n) is 26.3. The van der Waals surface area contributed by atoms with E-state index in [1.165, 1.54) is 31.4 Å². The Kier molecular flexibility index (Phi) is 21.8. The zero-order valence-electron chi connectivity index (χ0n) is 63.8. The number of anilines is 8. The van der Waals surface area contributed by atoms with Gasteiger partial charge in [0.05, 0.1) is 149 Å². The summed E-state index contributed by atoms with van der Waals surface area (Å²) in [5.74, 6) is 4.95. The van der Waals surface area contributed by atoms with E-state index in [0.29, 0.717) is 106 Å². The molecule has 0 bridgehead atoms. The van der Waals surface area contributed by atoms with Crippen molar-refractivity contribution in [2.75, 3.05) is 68.8 Å². The van der Waals surface area contributed by atoms with E-state index in [-0.39, 0.29) is 5.75 Å². The van der Waals surface area contributed by atoms with Gasteiger partial charge in [-0.3, -0.25) is 50.3 Å². The molecule has 16 aromatic rings. The first-order valence-electron chi connectivity index (χ1n) is 37.1. The van der Waals surface area contributed by atoms with E-state index < -0.39 is 6.61 Å². The third-order valence-electron chi connectivity index (χ3n) is 19.1. The molecule has 34 heteroatoms. The van der Waals surface area contributed by atoms with Gasteiger partial charge in [-0.2, -0.15) is 29.2 Å². The lowest BCUT2D eigenvalue weighted by molar-refractivity contribution is -0.0493. The van der Waals surface area contributed by atoms with Crippen LogP contribution in [0.1, 0.15) is 29.7 Å². The maximum absolute atomic E-state index is 13.0.